The Hall–Kier alpha value is -2.10. The summed E-state index contributed by atoms with van der Waals surface area (Å²) in [5.41, 5.74) is 1.10. The summed E-state index contributed by atoms with van der Waals surface area (Å²) in [5.74, 6) is -1.96. The van der Waals surface area contributed by atoms with Crippen LogP contribution in [0.15, 0.2) is 35.9 Å². The molecule has 0 radical (unpaired) electrons. The van der Waals surface area contributed by atoms with E-state index in [0.717, 1.165) is 31.2 Å². The molecule has 1 N–H and O–H groups in total. The summed E-state index contributed by atoms with van der Waals surface area (Å²) in [6.45, 7) is 4.23. The molecule has 0 amide bonds. The molecule has 0 aliphatic carbocycles. The van der Waals surface area contributed by atoms with E-state index in [9.17, 15) is 14.7 Å². The molecule has 0 saturated carbocycles. The number of carboxylic acids is 1. The fourth-order valence-corrected chi connectivity index (χ4v) is 2.39. The molecule has 0 aliphatic rings. The van der Waals surface area contributed by atoms with Gasteiger partial charge in [-0.25, -0.2) is 9.59 Å². The molecule has 0 bridgehead atoms. The van der Waals surface area contributed by atoms with E-state index in [1.807, 2.05) is 37.3 Å². The number of rotatable bonds is 10. The van der Waals surface area contributed by atoms with Gasteiger partial charge >= 0.3 is 11.9 Å². The summed E-state index contributed by atoms with van der Waals surface area (Å²) in [7, 11) is 0. The molecule has 0 aliphatic heterocycles. The van der Waals surface area contributed by atoms with Crippen LogP contribution in [0.1, 0.15) is 57.9 Å². The zero-order valence-electron chi connectivity index (χ0n) is 14.0. The van der Waals surface area contributed by atoms with Gasteiger partial charge in [-0.1, -0.05) is 63.4 Å². The average molecular weight is 318 g/mol. The number of benzene rings is 1. The Kier molecular flexibility index (Phi) is 8.73. The zero-order valence-corrected chi connectivity index (χ0v) is 14.0. The van der Waals surface area contributed by atoms with Crippen LogP contribution in [0, 0.1) is 0 Å². The van der Waals surface area contributed by atoms with Gasteiger partial charge in [-0.2, -0.15) is 0 Å². The number of carboxylic acid groups (broad SMARTS) is 1. The second-order valence-corrected chi connectivity index (χ2v) is 5.47. The van der Waals surface area contributed by atoms with Gasteiger partial charge in [0.15, 0.2) is 0 Å². The lowest BCUT2D eigenvalue weighted by atomic mass is 9.94. The molecule has 1 rings (SSSR count). The number of allylic oxidation sites excluding steroid dienone is 1. The van der Waals surface area contributed by atoms with Crippen molar-refractivity contribution in [1.29, 1.82) is 0 Å². The highest BCUT2D eigenvalue weighted by molar-refractivity contribution is 6.19. The van der Waals surface area contributed by atoms with E-state index < -0.39 is 11.9 Å². The molecular formula is C19H26O4. The SMILES string of the molecule is CCCCCCC(=C(C(=O)O)C(=O)OCCC)c1ccccc1. The van der Waals surface area contributed by atoms with Crippen LogP contribution in [0.5, 0.6) is 0 Å². The summed E-state index contributed by atoms with van der Waals surface area (Å²) in [6, 6.07) is 9.24. The fourth-order valence-electron chi connectivity index (χ4n) is 2.39. The number of carbonyl (C=O) groups is 2. The van der Waals surface area contributed by atoms with Crippen LogP contribution in [0.3, 0.4) is 0 Å². The molecular weight excluding hydrogens is 292 g/mol. The lowest BCUT2D eigenvalue weighted by Gasteiger charge is -2.13. The molecule has 1 aromatic carbocycles. The van der Waals surface area contributed by atoms with Gasteiger partial charge in [-0.3, -0.25) is 0 Å². The van der Waals surface area contributed by atoms with Gasteiger partial charge in [0.2, 0.25) is 0 Å². The van der Waals surface area contributed by atoms with E-state index >= 15 is 0 Å². The first-order valence-corrected chi connectivity index (χ1v) is 8.30. The van der Waals surface area contributed by atoms with Gasteiger partial charge in [0, 0.05) is 0 Å². The highest BCUT2D eigenvalue weighted by Crippen LogP contribution is 2.26. The van der Waals surface area contributed by atoms with E-state index in [1.54, 1.807) is 0 Å². The molecule has 23 heavy (non-hydrogen) atoms. The van der Waals surface area contributed by atoms with Crippen molar-refractivity contribution < 1.29 is 19.4 Å². The molecule has 0 aromatic heterocycles. The first kappa shape index (κ1) is 18.9. The van der Waals surface area contributed by atoms with Crippen LogP contribution in [0.25, 0.3) is 5.57 Å². The minimum Gasteiger partial charge on any atom is -0.477 e. The zero-order chi connectivity index (χ0) is 17.1. The van der Waals surface area contributed by atoms with Crippen molar-refractivity contribution in [2.75, 3.05) is 6.61 Å². The van der Waals surface area contributed by atoms with Crippen LogP contribution < -0.4 is 0 Å². The second-order valence-electron chi connectivity index (χ2n) is 5.47. The van der Waals surface area contributed by atoms with Gasteiger partial charge in [-0.05, 0) is 30.4 Å². The maximum Gasteiger partial charge on any atom is 0.345 e. The number of unbranched alkanes of at least 4 members (excludes halogenated alkanes) is 3. The van der Waals surface area contributed by atoms with Crippen LogP contribution in [0.4, 0.5) is 0 Å². The van der Waals surface area contributed by atoms with Gasteiger partial charge < -0.3 is 9.84 Å². The lowest BCUT2D eigenvalue weighted by Crippen LogP contribution is -2.18. The summed E-state index contributed by atoms with van der Waals surface area (Å²) in [4.78, 5) is 23.8. The second kappa shape index (κ2) is 10.6. The minimum atomic E-state index is -1.22. The molecule has 0 saturated heterocycles. The Morgan fingerprint density at radius 2 is 1.70 bits per heavy atom. The van der Waals surface area contributed by atoms with E-state index in [1.165, 1.54) is 0 Å². The third kappa shape index (κ3) is 6.27. The highest BCUT2D eigenvalue weighted by atomic mass is 16.5. The molecule has 126 valence electrons. The quantitative estimate of drug-likeness (QED) is 0.228. The first-order valence-electron chi connectivity index (χ1n) is 8.30. The monoisotopic (exact) mass is 318 g/mol. The van der Waals surface area contributed by atoms with E-state index in [0.29, 0.717) is 18.4 Å². The predicted octanol–water partition coefficient (Wildman–Crippen LogP) is 4.45. The maximum absolute atomic E-state index is 12.2. The standard InChI is InChI=1S/C19H26O4/c1-3-5-6-10-13-16(15-11-8-7-9-12-15)17(18(20)21)19(22)23-14-4-2/h7-9,11-12H,3-6,10,13-14H2,1-2H3,(H,20,21). The lowest BCUT2D eigenvalue weighted by molar-refractivity contribution is -0.144. The normalized spacial score (nSPS) is 11.7. The third-order valence-corrected chi connectivity index (χ3v) is 3.56. The molecule has 0 spiro atoms. The van der Waals surface area contributed by atoms with Crippen LogP contribution >= 0.6 is 0 Å². The summed E-state index contributed by atoms with van der Waals surface area (Å²) < 4.78 is 5.07. The molecule has 0 heterocycles. The van der Waals surface area contributed by atoms with Crippen molar-refractivity contribution in [3.63, 3.8) is 0 Å². The van der Waals surface area contributed by atoms with Crippen LogP contribution in [0.2, 0.25) is 0 Å². The Balaban J connectivity index is 3.13. The maximum atomic E-state index is 12.2. The van der Waals surface area contributed by atoms with E-state index in [2.05, 4.69) is 6.92 Å². The Morgan fingerprint density at radius 1 is 1.00 bits per heavy atom. The molecule has 0 atom stereocenters. The van der Waals surface area contributed by atoms with Crippen molar-refractivity contribution in [3.05, 3.63) is 41.5 Å². The predicted molar refractivity (Wildman–Crippen MR) is 91.0 cm³/mol. The van der Waals surface area contributed by atoms with Crippen molar-refractivity contribution in [1.82, 2.24) is 0 Å². The average Bonchev–Trinajstić information content (AvgIpc) is 2.56. The number of aliphatic carboxylic acids is 1. The van der Waals surface area contributed by atoms with Crippen molar-refractivity contribution in [3.8, 4) is 0 Å². The van der Waals surface area contributed by atoms with E-state index in [-0.39, 0.29) is 12.2 Å². The number of hydrogen-bond donors (Lipinski definition) is 1. The topological polar surface area (TPSA) is 63.6 Å². The van der Waals surface area contributed by atoms with Gasteiger partial charge in [-0.15, -0.1) is 0 Å². The third-order valence-electron chi connectivity index (χ3n) is 3.56. The minimum absolute atomic E-state index is 0.230. The molecule has 0 unspecified atom stereocenters. The first-order chi connectivity index (χ1) is 11.1. The summed E-state index contributed by atoms with van der Waals surface area (Å²) >= 11 is 0. The van der Waals surface area contributed by atoms with Gasteiger partial charge in [0.25, 0.3) is 0 Å². The summed E-state index contributed by atoms with van der Waals surface area (Å²) in [6.07, 6.45) is 5.31. The van der Waals surface area contributed by atoms with Crippen molar-refractivity contribution in [2.45, 2.75) is 52.4 Å². The van der Waals surface area contributed by atoms with Gasteiger partial charge in [0.1, 0.15) is 5.57 Å². The van der Waals surface area contributed by atoms with Crippen molar-refractivity contribution in [2.24, 2.45) is 0 Å². The van der Waals surface area contributed by atoms with Crippen LogP contribution in [-0.2, 0) is 14.3 Å². The molecule has 1 aromatic rings. The smallest absolute Gasteiger partial charge is 0.345 e. The Labute approximate surface area is 138 Å². The highest BCUT2D eigenvalue weighted by Gasteiger charge is 2.24. The van der Waals surface area contributed by atoms with Crippen molar-refractivity contribution >= 4 is 17.5 Å². The number of esters is 1. The van der Waals surface area contributed by atoms with Crippen LogP contribution in [-0.4, -0.2) is 23.7 Å². The number of hydrogen-bond acceptors (Lipinski definition) is 3. The largest absolute Gasteiger partial charge is 0.477 e. The summed E-state index contributed by atoms with van der Waals surface area (Å²) in [5, 5.41) is 9.52. The van der Waals surface area contributed by atoms with E-state index in [4.69, 9.17) is 4.74 Å². The fraction of sp³-hybridized carbons (Fsp3) is 0.474. The molecule has 0 fully saturated rings. The molecule has 4 heteroatoms. The van der Waals surface area contributed by atoms with Gasteiger partial charge in [0.05, 0.1) is 6.61 Å². The molecule has 4 nitrogen and oxygen atoms in total. The number of carbonyl (C=O) groups excluding carboxylic acids is 1. The Morgan fingerprint density at radius 3 is 2.26 bits per heavy atom. The Bertz CT molecular complexity index is 532. The number of ether oxygens (including phenoxy) is 1.